The van der Waals surface area contributed by atoms with Crippen LogP contribution in [0.4, 0.5) is 0 Å². The van der Waals surface area contributed by atoms with E-state index >= 15 is 0 Å². The standard InChI is InChI=1S/C19H22O2/c1-2-19(16-6-9-17(20)10-7-16)11-3-4-14-12-18(21)8-5-15(14)13-19/h2,6-7,9-10,12,15,20H,1,3-5,8,11,13H2. The fourth-order valence-electron chi connectivity index (χ4n) is 3.92. The van der Waals surface area contributed by atoms with Crippen molar-refractivity contribution in [3.63, 3.8) is 0 Å². The highest BCUT2D eigenvalue weighted by atomic mass is 16.3. The zero-order valence-corrected chi connectivity index (χ0v) is 12.3. The maximum Gasteiger partial charge on any atom is 0.155 e. The Morgan fingerprint density at radius 3 is 2.71 bits per heavy atom. The summed E-state index contributed by atoms with van der Waals surface area (Å²) in [5.74, 6) is 1.09. The molecule has 1 aromatic carbocycles. The molecule has 21 heavy (non-hydrogen) atoms. The number of carbonyl (C=O) groups is 1. The number of allylic oxidation sites excluding steroid dienone is 3. The minimum Gasteiger partial charge on any atom is -0.508 e. The molecule has 0 aromatic heterocycles. The quantitative estimate of drug-likeness (QED) is 0.821. The molecule has 110 valence electrons. The molecule has 0 heterocycles. The van der Waals surface area contributed by atoms with Gasteiger partial charge in [0.15, 0.2) is 5.78 Å². The first kappa shape index (κ1) is 14.1. The van der Waals surface area contributed by atoms with Crippen LogP contribution in [-0.2, 0) is 10.2 Å². The number of ketones is 1. The highest BCUT2D eigenvalue weighted by Crippen LogP contribution is 2.46. The lowest BCUT2D eigenvalue weighted by Gasteiger charge is -2.34. The first-order chi connectivity index (χ1) is 10.1. The summed E-state index contributed by atoms with van der Waals surface area (Å²) in [6.45, 7) is 4.10. The third-order valence-electron chi connectivity index (χ3n) is 5.14. The number of phenols is 1. The lowest BCUT2D eigenvalue weighted by Crippen LogP contribution is -2.26. The molecule has 0 aliphatic heterocycles. The molecule has 1 N–H and O–H groups in total. The van der Waals surface area contributed by atoms with Crippen LogP contribution in [0.5, 0.6) is 5.75 Å². The van der Waals surface area contributed by atoms with Crippen LogP contribution in [0, 0.1) is 5.92 Å². The van der Waals surface area contributed by atoms with Gasteiger partial charge < -0.3 is 5.11 Å². The number of hydrogen-bond acceptors (Lipinski definition) is 2. The minimum atomic E-state index is -0.0334. The summed E-state index contributed by atoms with van der Waals surface area (Å²) in [5, 5.41) is 9.51. The van der Waals surface area contributed by atoms with Gasteiger partial charge in [0.1, 0.15) is 5.75 Å². The van der Waals surface area contributed by atoms with Gasteiger partial charge in [0, 0.05) is 11.8 Å². The van der Waals surface area contributed by atoms with Gasteiger partial charge in [-0.3, -0.25) is 4.79 Å². The zero-order chi connectivity index (χ0) is 14.9. The van der Waals surface area contributed by atoms with E-state index in [4.69, 9.17) is 0 Å². The van der Waals surface area contributed by atoms with Crippen LogP contribution in [0.25, 0.3) is 0 Å². The monoisotopic (exact) mass is 282 g/mol. The lowest BCUT2D eigenvalue weighted by molar-refractivity contribution is -0.115. The van der Waals surface area contributed by atoms with Crippen molar-refractivity contribution in [2.45, 2.75) is 43.9 Å². The molecular formula is C19H22O2. The number of carbonyl (C=O) groups excluding carboxylic acids is 1. The van der Waals surface area contributed by atoms with Crippen LogP contribution in [-0.4, -0.2) is 10.9 Å². The second-order valence-electron chi connectivity index (χ2n) is 6.39. The fraction of sp³-hybridized carbons (Fsp3) is 0.421. The van der Waals surface area contributed by atoms with Crippen molar-refractivity contribution in [1.82, 2.24) is 0 Å². The Morgan fingerprint density at radius 1 is 1.24 bits per heavy atom. The highest BCUT2D eigenvalue weighted by Gasteiger charge is 2.36. The molecule has 0 radical (unpaired) electrons. The molecule has 1 fully saturated rings. The number of benzene rings is 1. The van der Waals surface area contributed by atoms with E-state index in [1.165, 1.54) is 11.1 Å². The average Bonchev–Trinajstić information content (AvgIpc) is 2.67. The van der Waals surface area contributed by atoms with Gasteiger partial charge in [-0.05, 0) is 61.8 Å². The maximum atomic E-state index is 11.6. The van der Waals surface area contributed by atoms with Crippen molar-refractivity contribution in [1.29, 1.82) is 0 Å². The van der Waals surface area contributed by atoms with Gasteiger partial charge in [0.25, 0.3) is 0 Å². The maximum absolute atomic E-state index is 11.6. The summed E-state index contributed by atoms with van der Waals surface area (Å²) in [5.41, 5.74) is 2.54. The molecule has 2 unspecified atom stereocenters. The van der Waals surface area contributed by atoms with E-state index in [9.17, 15) is 9.90 Å². The Labute approximate surface area is 126 Å². The molecule has 0 amide bonds. The van der Waals surface area contributed by atoms with Crippen LogP contribution in [0.15, 0.2) is 48.6 Å². The number of hydrogen-bond donors (Lipinski definition) is 1. The van der Waals surface area contributed by atoms with Crippen molar-refractivity contribution in [3.05, 3.63) is 54.1 Å². The Kier molecular flexibility index (Phi) is 3.71. The van der Waals surface area contributed by atoms with Gasteiger partial charge in [0.2, 0.25) is 0 Å². The molecule has 2 aliphatic rings. The van der Waals surface area contributed by atoms with Crippen molar-refractivity contribution < 1.29 is 9.90 Å². The van der Waals surface area contributed by atoms with E-state index in [-0.39, 0.29) is 11.2 Å². The van der Waals surface area contributed by atoms with Gasteiger partial charge in [-0.25, -0.2) is 0 Å². The van der Waals surface area contributed by atoms with Crippen molar-refractivity contribution >= 4 is 5.78 Å². The predicted octanol–water partition coefficient (Wildman–Crippen LogP) is 4.30. The molecule has 2 aliphatic carbocycles. The molecule has 2 nitrogen and oxygen atoms in total. The Bertz CT molecular complexity index is 582. The van der Waals surface area contributed by atoms with E-state index in [2.05, 4.69) is 12.7 Å². The Hall–Kier alpha value is -1.83. The molecule has 1 saturated carbocycles. The number of fused-ring (bicyclic) bond motifs is 1. The largest absolute Gasteiger partial charge is 0.508 e. The van der Waals surface area contributed by atoms with Crippen LogP contribution in [0.1, 0.15) is 44.1 Å². The Morgan fingerprint density at radius 2 is 2.00 bits per heavy atom. The summed E-state index contributed by atoms with van der Waals surface area (Å²) in [4.78, 5) is 11.6. The fourth-order valence-corrected chi connectivity index (χ4v) is 3.92. The molecule has 0 spiro atoms. The normalized spacial score (nSPS) is 29.2. The molecule has 0 bridgehead atoms. The second kappa shape index (κ2) is 5.51. The van der Waals surface area contributed by atoms with Gasteiger partial charge in [-0.2, -0.15) is 0 Å². The van der Waals surface area contributed by atoms with Crippen molar-refractivity contribution in [2.75, 3.05) is 0 Å². The van der Waals surface area contributed by atoms with E-state index in [0.29, 0.717) is 18.1 Å². The van der Waals surface area contributed by atoms with E-state index in [1.807, 2.05) is 18.2 Å². The van der Waals surface area contributed by atoms with E-state index < -0.39 is 0 Å². The van der Waals surface area contributed by atoms with Gasteiger partial charge >= 0.3 is 0 Å². The first-order valence-electron chi connectivity index (χ1n) is 7.79. The van der Waals surface area contributed by atoms with Crippen LogP contribution >= 0.6 is 0 Å². The highest BCUT2D eigenvalue weighted by molar-refractivity contribution is 5.91. The van der Waals surface area contributed by atoms with Crippen LogP contribution < -0.4 is 0 Å². The molecular weight excluding hydrogens is 260 g/mol. The minimum absolute atomic E-state index is 0.0334. The summed E-state index contributed by atoms with van der Waals surface area (Å²) in [7, 11) is 0. The molecule has 2 heteroatoms. The first-order valence-corrected chi connectivity index (χ1v) is 7.79. The van der Waals surface area contributed by atoms with Gasteiger partial charge in [0.05, 0.1) is 0 Å². The lowest BCUT2D eigenvalue weighted by atomic mass is 9.70. The predicted molar refractivity (Wildman–Crippen MR) is 84.3 cm³/mol. The third kappa shape index (κ3) is 2.67. The summed E-state index contributed by atoms with van der Waals surface area (Å²) >= 11 is 0. The third-order valence-corrected chi connectivity index (χ3v) is 5.14. The van der Waals surface area contributed by atoms with Gasteiger partial charge in [-0.1, -0.05) is 23.8 Å². The van der Waals surface area contributed by atoms with Crippen LogP contribution in [0.3, 0.4) is 0 Å². The van der Waals surface area contributed by atoms with Crippen molar-refractivity contribution in [3.8, 4) is 5.75 Å². The number of phenolic OH excluding ortho intramolecular Hbond substituents is 1. The van der Waals surface area contributed by atoms with Crippen LogP contribution in [0.2, 0.25) is 0 Å². The molecule has 2 atom stereocenters. The van der Waals surface area contributed by atoms with Gasteiger partial charge in [-0.15, -0.1) is 6.58 Å². The van der Waals surface area contributed by atoms with E-state index in [0.717, 1.165) is 32.1 Å². The van der Waals surface area contributed by atoms with Crippen molar-refractivity contribution in [2.24, 2.45) is 5.92 Å². The molecule has 0 saturated heterocycles. The summed E-state index contributed by atoms with van der Waals surface area (Å²) < 4.78 is 0. The smallest absolute Gasteiger partial charge is 0.155 e. The molecule has 3 rings (SSSR count). The van der Waals surface area contributed by atoms with E-state index in [1.54, 1.807) is 12.1 Å². The summed E-state index contributed by atoms with van der Waals surface area (Å²) in [6, 6.07) is 7.54. The SMILES string of the molecule is C=CC1(c2ccc(O)cc2)CCCC2=CC(=O)CCC2C1. The zero-order valence-electron chi connectivity index (χ0n) is 12.3. The summed E-state index contributed by atoms with van der Waals surface area (Å²) in [6.07, 6.45) is 9.83. The average molecular weight is 282 g/mol. The second-order valence-corrected chi connectivity index (χ2v) is 6.39. The Balaban J connectivity index is 1.96. The molecule has 1 aromatic rings. The number of rotatable bonds is 2. The topological polar surface area (TPSA) is 37.3 Å². The number of aromatic hydroxyl groups is 1.